The smallest absolute Gasteiger partial charge is 0.238 e. The van der Waals surface area contributed by atoms with Gasteiger partial charge < -0.3 is 14.3 Å². The van der Waals surface area contributed by atoms with E-state index in [2.05, 4.69) is 4.98 Å². The number of ether oxygens (including phenoxy) is 1. The van der Waals surface area contributed by atoms with Gasteiger partial charge in [0.15, 0.2) is 17.1 Å². The van der Waals surface area contributed by atoms with E-state index in [1.165, 1.54) is 11.0 Å². The largest absolute Gasteiger partial charge is 0.491 e. The molecule has 2 amide bonds. The Morgan fingerprint density at radius 3 is 2.45 bits per heavy atom. The number of aliphatic hydroxyl groups is 1. The molecule has 0 bridgehead atoms. The number of amides is 2. The number of para-hydroxylation sites is 2. The van der Waals surface area contributed by atoms with Crippen LogP contribution in [-0.4, -0.2) is 46.7 Å². The van der Waals surface area contributed by atoms with E-state index < -0.39 is 23.7 Å². The summed E-state index contributed by atoms with van der Waals surface area (Å²) >= 11 is 0. The zero-order valence-electron chi connectivity index (χ0n) is 25.5. The molecule has 3 aromatic carbocycles. The van der Waals surface area contributed by atoms with Crippen molar-refractivity contribution in [1.29, 1.82) is 0 Å². The third-order valence-corrected chi connectivity index (χ3v) is 9.80. The van der Waals surface area contributed by atoms with Crippen molar-refractivity contribution in [3.63, 3.8) is 0 Å². The summed E-state index contributed by atoms with van der Waals surface area (Å²) in [6.07, 6.45) is 3.96. The number of carbonyl (C=O) groups is 4. The number of carbonyl (C=O) groups excluding carboxylic acids is 4. The first kappa shape index (κ1) is 29.0. The Balaban J connectivity index is 1.14. The van der Waals surface area contributed by atoms with Gasteiger partial charge in [-0.3, -0.25) is 24.1 Å². The number of aliphatic hydroxyl groups excluding tert-OH is 1. The number of aromatic nitrogens is 1. The van der Waals surface area contributed by atoms with Crippen LogP contribution < -0.4 is 9.64 Å². The summed E-state index contributed by atoms with van der Waals surface area (Å²) in [5, 5.41) is 9.14. The number of hydrogen-bond donors (Lipinski definition) is 1. The third-order valence-electron chi connectivity index (χ3n) is 9.80. The molecule has 0 radical (unpaired) electrons. The number of fused-ring (bicyclic) bond motifs is 4. The number of anilines is 1. The van der Waals surface area contributed by atoms with Gasteiger partial charge in [-0.1, -0.05) is 35.9 Å². The number of rotatable bonds is 6. The summed E-state index contributed by atoms with van der Waals surface area (Å²) in [5.41, 5.74) is 5.51. The third kappa shape index (κ3) is 4.60. The molecule has 9 heteroatoms. The first-order chi connectivity index (χ1) is 22.8. The topological polar surface area (TPSA) is 127 Å². The number of imide groups is 1. The Morgan fingerprint density at radius 2 is 1.70 bits per heavy atom. The van der Waals surface area contributed by atoms with Crippen LogP contribution in [0.25, 0.3) is 22.6 Å². The average Bonchev–Trinajstić information content (AvgIpc) is 3.64. The van der Waals surface area contributed by atoms with Gasteiger partial charge in [0.2, 0.25) is 17.7 Å². The van der Waals surface area contributed by atoms with Crippen molar-refractivity contribution in [2.24, 2.45) is 17.8 Å². The number of hydrogen-bond acceptors (Lipinski definition) is 8. The highest BCUT2D eigenvalue weighted by molar-refractivity contribution is 6.25. The molecule has 4 aromatic rings. The lowest BCUT2D eigenvalue weighted by atomic mass is 9.59. The van der Waals surface area contributed by atoms with Crippen molar-refractivity contribution in [2.45, 2.75) is 25.7 Å². The summed E-state index contributed by atoms with van der Waals surface area (Å²) in [6.45, 7) is 1.68. The van der Waals surface area contributed by atoms with Crippen molar-refractivity contribution < 1.29 is 33.4 Å². The highest BCUT2D eigenvalue weighted by Crippen LogP contribution is 2.55. The molecular weight excluding hydrogens is 596 g/mol. The fraction of sp³-hybridized carbons (Fsp3) is 0.237. The summed E-state index contributed by atoms with van der Waals surface area (Å²) < 4.78 is 11.4. The zero-order valence-corrected chi connectivity index (χ0v) is 25.5. The quantitative estimate of drug-likeness (QED) is 0.169. The molecule has 1 N–H and O–H groups in total. The molecule has 1 aromatic heterocycles. The Hall–Kier alpha value is -5.41. The van der Waals surface area contributed by atoms with Crippen LogP contribution in [0.4, 0.5) is 5.69 Å². The molecular formula is C38H30N2O7. The fourth-order valence-corrected chi connectivity index (χ4v) is 7.66. The van der Waals surface area contributed by atoms with E-state index in [4.69, 9.17) is 14.3 Å². The first-order valence-electron chi connectivity index (χ1n) is 15.7. The van der Waals surface area contributed by atoms with Gasteiger partial charge in [-0.15, -0.1) is 0 Å². The maximum atomic E-state index is 14.3. The van der Waals surface area contributed by atoms with Gasteiger partial charge in [-0.25, -0.2) is 4.98 Å². The van der Waals surface area contributed by atoms with Crippen LogP contribution in [0.5, 0.6) is 5.75 Å². The van der Waals surface area contributed by atoms with Crippen molar-refractivity contribution in [3.05, 3.63) is 113 Å². The lowest BCUT2D eigenvalue weighted by Gasteiger charge is -2.42. The maximum Gasteiger partial charge on any atom is 0.238 e. The van der Waals surface area contributed by atoms with Gasteiger partial charge in [0, 0.05) is 28.2 Å². The van der Waals surface area contributed by atoms with E-state index in [1.807, 2.05) is 42.5 Å². The summed E-state index contributed by atoms with van der Waals surface area (Å²) in [5.74, 6) is -2.17. The van der Waals surface area contributed by atoms with Crippen molar-refractivity contribution in [2.75, 3.05) is 18.1 Å². The maximum absolute atomic E-state index is 14.3. The molecule has 1 fully saturated rings. The van der Waals surface area contributed by atoms with Crippen LogP contribution in [0.2, 0.25) is 0 Å². The molecule has 1 saturated heterocycles. The Bertz CT molecular complexity index is 2050. The van der Waals surface area contributed by atoms with Crippen molar-refractivity contribution in [3.8, 4) is 17.2 Å². The molecule has 4 unspecified atom stereocenters. The molecule has 9 nitrogen and oxygen atoms in total. The van der Waals surface area contributed by atoms with E-state index in [-0.39, 0.29) is 43.0 Å². The zero-order chi connectivity index (χ0) is 32.4. The van der Waals surface area contributed by atoms with Gasteiger partial charge in [-0.2, -0.15) is 0 Å². The van der Waals surface area contributed by atoms with Crippen molar-refractivity contribution >= 4 is 40.2 Å². The predicted octanol–water partition coefficient (Wildman–Crippen LogP) is 5.50. The number of nitrogens with zero attached hydrogens (tertiary/aromatic N) is 2. The monoisotopic (exact) mass is 626 g/mol. The van der Waals surface area contributed by atoms with E-state index in [9.17, 15) is 19.2 Å². The summed E-state index contributed by atoms with van der Waals surface area (Å²) in [4.78, 5) is 61.0. The minimum Gasteiger partial charge on any atom is -0.491 e. The van der Waals surface area contributed by atoms with Crippen LogP contribution in [-0.2, 0) is 19.2 Å². The second-order valence-electron chi connectivity index (χ2n) is 12.4. The van der Waals surface area contributed by atoms with Crippen LogP contribution in [0.1, 0.15) is 31.2 Å². The van der Waals surface area contributed by atoms with Gasteiger partial charge >= 0.3 is 0 Å². The fourth-order valence-electron chi connectivity index (χ4n) is 7.66. The molecule has 8 rings (SSSR count). The molecule has 0 spiro atoms. The molecule has 0 saturated carbocycles. The predicted molar refractivity (Wildman–Crippen MR) is 172 cm³/mol. The molecule has 3 aliphatic carbocycles. The molecule has 4 atom stereocenters. The van der Waals surface area contributed by atoms with Crippen LogP contribution >= 0.6 is 0 Å². The van der Waals surface area contributed by atoms with E-state index in [0.29, 0.717) is 46.1 Å². The average molecular weight is 627 g/mol. The summed E-state index contributed by atoms with van der Waals surface area (Å²) in [6, 6.07) is 21.8. The Kier molecular flexibility index (Phi) is 6.88. The number of Topliss-reactive ketones (excluding diaryl/α,β-unsaturated/α-hetero) is 1. The normalized spacial score (nSPS) is 23.8. The molecule has 4 aliphatic rings. The number of oxazole rings is 1. The number of benzene rings is 3. The van der Waals surface area contributed by atoms with Gasteiger partial charge in [0.05, 0.1) is 24.1 Å². The number of allylic oxidation sites excluding steroid dienone is 6. The molecule has 1 aliphatic heterocycles. The van der Waals surface area contributed by atoms with Gasteiger partial charge in [0.1, 0.15) is 17.9 Å². The van der Waals surface area contributed by atoms with Gasteiger partial charge in [-0.05, 0) is 85.9 Å². The van der Waals surface area contributed by atoms with Crippen molar-refractivity contribution in [1.82, 2.24) is 4.98 Å². The van der Waals surface area contributed by atoms with Crippen LogP contribution in [0.15, 0.2) is 112 Å². The Morgan fingerprint density at radius 1 is 0.936 bits per heavy atom. The van der Waals surface area contributed by atoms with E-state index in [1.54, 1.807) is 43.3 Å². The lowest BCUT2D eigenvalue weighted by Crippen LogP contribution is -2.39. The second-order valence-corrected chi connectivity index (χ2v) is 12.4. The molecule has 234 valence electrons. The van der Waals surface area contributed by atoms with E-state index in [0.717, 1.165) is 22.2 Å². The van der Waals surface area contributed by atoms with Crippen LogP contribution in [0.3, 0.4) is 0 Å². The second kappa shape index (κ2) is 11.1. The minimum atomic E-state index is -0.669. The molecule has 47 heavy (non-hydrogen) atoms. The number of ketones is 2. The lowest BCUT2D eigenvalue weighted by molar-refractivity contribution is -0.123. The first-order valence-corrected chi connectivity index (χ1v) is 15.7. The molecule has 2 heterocycles. The highest BCUT2D eigenvalue weighted by Gasteiger charge is 2.56. The van der Waals surface area contributed by atoms with E-state index >= 15 is 0 Å². The van der Waals surface area contributed by atoms with Crippen LogP contribution in [0, 0.1) is 17.8 Å². The highest BCUT2D eigenvalue weighted by atomic mass is 16.5. The Labute approximate surface area is 269 Å². The SMILES string of the molecule is CC1=CC(=O)C2=C(C1=O)C(c1ccc(OCCO)cc1)C1=CCC3C(=O)N(c4ccc(-c5nc6ccccc6o5)cc4)C(=O)C3C1C2. The van der Waals surface area contributed by atoms with Gasteiger partial charge in [0.25, 0.3) is 0 Å². The standard InChI is InChI=1S/C38H30N2O7/c1-20-18-30(42)28-19-27-25(32(34(28)35(20)43)21-8-12-24(13-9-21)46-17-16-41)14-15-26-33(27)38(45)40(37(26)44)23-10-6-22(7-11-23)36-39-29-4-2-3-5-31(29)47-36/h2-14,18,26-27,32-33,41H,15-17,19H2,1H3. The summed E-state index contributed by atoms with van der Waals surface area (Å²) in [7, 11) is 0. The minimum absolute atomic E-state index is 0.119.